The van der Waals surface area contributed by atoms with Gasteiger partial charge >= 0.3 is 0 Å². The van der Waals surface area contributed by atoms with Gasteiger partial charge < -0.3 is 16.8 Å². The Morgan fingerprint density at radius 1 is 1.11 bits per heavy atom. The fourth-order valence-electron chi connectivity index (χ4n) is 1.68. The SMILES string of the molecule is N#Cc1cccc(NC(=O)c2cc(N)cc(N)c2)c1. The number of amides is 1. The molecule has 0 aromatic heterocycles. The molecule has 0 saturated carbocycles. The Hall–Kier alpha value is -3.00. The normalized spacial score (nSPS) is 9.63. The van der Waals surface area contributed by atoms with E-state index in [1.54, 1.807) is 42.5 Å². The summed E-state index contributed by atoms with van der Waals surface area (Å²) in [6.07, 6.45) is 0. The number of anilines is 3. The van der Waals surface area contributed by atoms with E-state index in [0.717, 1.165) is 0 Å². The van der Waals surface area contributed by atoms with E-state index >= 15 is 0 Å². The lowest BCUT2D eigenvalue weighted by Crippen LogP contribution is -2.12. The third-order valence-electron chi connectivity index (χ3n) is 2.49. The molecule has 0 aliphatic rings. The quantitative estimate of drug-likeness (QED) is 0.710. The Bertz CT molecular complexity index is 653. The molecular weight excluding hydrogens is 240 g/mol. The molecule has 2 aromatic carbocycles. The van der Waals surface area contributed by atoms with Crippen molar-refractivity contribution < 1.29 is 4.79 Å². The van der Waals surface area contributed by atoms with Crippen molar-refractivity contribution in [3.05, 3.63) is 53.6 Å². The zero-order valence-electron chi connectivity index (χ0n) is 10.1. The van der Waals surface area contributed by atoms with Gasteiger partial charge in [0.1, 0.15) is 0 Å². The summed E-state index contributed by atoms with van der Waals surface area (Å²) in [7, 11) is 0. The van der Waals surface area contributed by atoms with E-state index in [4.69, 9.17) is 16.7 Å². The molecule has 0 atom stereocenters. The molecule has 0 radical (unpaired) electrons. The van der Waals surface area contributed by atoms with Crippen molar-refractivity contribution in [2.24, 2.45) is 0 Å². The first-order valence-electron chi connectivity index (χ1n) is 5.56. The van der Waals surface area contributed by atoms with Crippen LogP contribution >= 0.6 is 0 Å². The second kappa shape index (κ2) is 5.10. The zero-order valence-corrected chi connectivity index (χ0v) is 10.1. The molecule has 1 amide bonds. The number of hydrogen-bond acceptors (Lipinski definition) is 4. The minimum absolute atomic E-state index is 0.325. The molecule has 2 aromatic rings. The first-order valence-corrected chi connectivity index (χ1v) is 5.56. The van der Waals surface area contributed by atoms with Gasteiger partial charge in [0.05, 0.1) is 11.6 Å². The van der Waals surface area contributed by atoms with E-state index in [2.05, 4.69) is 5.32 Å². The molecule has 0 heterocycles. The Morgan fingerprint density at radius 2 is 1.79 bits per heavy atom. The maximum atomic E-state index is 12.0. The Morgan fingerprint density at radius 3 is 2.42 bits per heavy atom. The lowest BCUT2D eigenvalue weighted by molar-refractivity contribution is 0.102. The summed E-state index contributed by atoms with van der Waals surface area (Å²) in [5.74, 6) is -0.325. The Kier molecular flexibility index (Phi) is 3.35. The maximum Gasteiger partial charge on any atom is 0.255 e. The summed E-state index contributed by atoms with van der Waals surface area (Å²) in [5, 5.41) is 11.5. The summed E-state index contributed by atoms with van der Waals surface area (Å²) < 4.78 is 0. The van der Waals surface area contributed by atoms with Crippen LogP contribution in [-0.4, -0.2) is 5.91 Å². The van der Waals surface area contributed by atoms with E-state index in [0.29, 0.717) is 28.2 Å². The molecule has 94 valence electrons. The molecule has 2 rings (SSSR count). The summed E-state index contributed by atoms with van der Waals surface area (Å²) in [4.78, 5) is 12.0. The largest absolute Gasteiger partial charge is 0.399 e. The minimum Gasteiger partial charge on any atom is -0.399 e. The molecule has 5 nitrogen and oxygen atoms in total. The van der Waals surface area contributed by atoms with Crippen LogP contribution < -0.4 is 16.8 Å². The minimum atomic E-state index is -0.325. The van der Waals surface area contributed by atoms with Crippen molar-refractivity contribution in [2.45, 2.75) is 0 Å². The fourth-order valence-corrected chi connectivity index (χ4v) is 1.68. The van der Waals surface area contributed by atoms with Crippen molar-refractivity contribution in [3.63, 3.8) is 0 Å². The summed E-state index contributed by atoms with van der Waals surface area (Å²) in [6.45, 7) is 0. The van der Waals surface area contributed by atoms with Crippen LogP contribution in [0, 0.1) is 11.3 Å². The summed E-state index contributed by atoms with van der Waals surface area (Å²) >= 11 is 0. The van der Waals surface area contributed by atoms with Crippen LogP contribution in [0.2, 0.25) is 0 Å². The molecular formula is C14H12N4O. The lowest BCUT2D eigenvalue weighted by Gasteiger charge is -2.07. The van der Waals surface area contributed by atoms with Crippen LogP contribution in [0.4, 0.5) is 17.1 Å². The monoisotopic (exact) mass is 252 g/mol. The van der Waals surface area contributed by atoms with E-state index in [1.807, 2.05) is 6.07 Å². The van der Waals surface area contributed by atoms with Gasteiger partial charge in [-0.3, -0.25) is 4.79 Å². The lowest BCUT2D eigenvalue weighted by atomic mass is 10.1. The molecule has 0 fully saturated rings. The van der Waals surface area contributed by atoms with Gasteiger partial charge in [-0.05, 0) is 36.4 Å². The highest BCUT2D eigenvalue weighted by Crippen LogP contribution is 2.16. The predicted octanol–water partition coefficient (Wildman–Crippen LogP) is 1.97. The van der Waals surface area contributed by atoms with Gasteiger partial charge in [-0.1, -0.05) is 6.07 Å². The van der Waals surface area contributed by atoms with E-state index < -0.39 is 0 Å². The number of nitrogens with one attached hydrogen (secondary N) is 1. The van der Waals surface area contributed by atoms with Crippen LogP contribution in [-0.2, 0) is 0 Å². The van der Waals surface area contributed by atoms with Crippen LogP contribution in [0.25, 0.3) is 0 Å². The standard InChI is InChI=1S/C14H12N4O/c15-8-9-2-1-3-13(4-9)18-14(19)10-5-11(16)7-12(17)6-10/h1-7H,16-17H2,(H,18,19). The molecule has 0 aliphatic carbocycles. The Labute approximate surface area is 110 Å². The topological polar surface area (TPSA) is 105 Å². The number of carbonyl (C=O) groups is 1. The van der Waals surface area contributed by atoms with Crippen molar-refractivity contribution in [1.82, 2.24) is 0 Å². The van der Waals surface area contributed by atoms with Gasteiger partial charge in [-0.2, -0.15) is 5.26 Å². The van der Waals surface area contributed by atoms with E-state index in [9.17, 15) is 4.79 Å². The second-order valence-electron chi connectivity index (χ2n) is 4.04. The van der Waals surface area contributed by atoms with Crippen LogP contribution in [0.5, 0.6) is 0 Å². The Balaban J connectivity index is 2.23. The molecule has 19 heavy (non-hydrogen) atoms. The first kappa shape index (κ1) is 12.5. The highest BCUT2D eigenvalue weighted by atomic mass is 16.1. The molecule has 0 spiro atoms. The van der Waals surface area contributed by atoms with Crippen molar-refractivity contribution >= 4 is 23.0 Å². The third kappa shape index (κ3) is 3.01. The number of nitrogens with zero attached hydrogens (tertiary/aromatic N) is 1. The number of benzene rings is 2. The number of carbonyl (C=O) groups excluding carboxylic acids is 1. The highest BCUT2D eigenvalue weighted by molar-refractivity contribution is 6.05. The fraction of sp³-hybridized carbons (Fsp3) is 0. The number of nitrogen functional groups attached to an aromatic ring is 2. The van der Waals surface area contributed by atoms with Gasteiger partial charge in [0.15, 0.2) is 0 Å². The van der Waals surface area contributed by atoms with Crippen molar-refractivity contribution in [1.29, 1.82) is 5.26 Å². The van der Waals surface area contributed by atoms with Gasteiger partial charge in [0, 0.05) is 22.6 Å². The van der Waals surface area contributed by atoms with E-state index in [1.165, 1.54) is 0 Å². The van der Waals surface area contributed by atoms with Crippen LogP contribution in [0.3, 0.4) is 0 Å². The van der Waals surface area contributed by atoms with Crippen LogP contribution in [0.15, 0.2) is 42.5 Å². The number of nitriles is 1. The van der Waals surface area contributed by atoms with Gasteiger partial charge in [0.2, 0.25) is 0 Å². The number of nitrogens with two attached hydrogens (primary N) is 2. The summed E-state index contributed by atoms with van der Waals surface area (Å²) in [6, 6.07) is 13.3. The van der Waals surface area contributed by atoms with Crippen LogP contribution in [0.1, 0.15) is 15.9 Å². The molecule has 0 aliphatic heterocycles. The third-order valence-corrected chi connectivity index (χ3v) is 2.49. The number of hydrogen-bond donors (Lipinski definition) is 3. The highest BCUT2D eigenvalue weighted by Gasteiger charge is 2.08. The van der Waals surface area contributed by atoms with Crippen molar-refractivity contribution in [3.8, 4) is 6.07 Å². The van der Waals surface area contributed by atoms with Gasteiger partial charge in [-0.25, -0.2) is 0 Å². The molecule has 0 bridgehead atoms. The molecule has 0 saturated heterocycles. The maximum absolute atomic E-state index is 12.0. The molecule has 0 unspecified atom stereocenters. The smallest absolute Gasteiger partial charge is 0.255 e. The average Bonchev–Trinajstić information content (AvgIpc) is 2.37. The summed E-state index contributed by atoms with van der Waals surface area (Å²) in [5.41, 5.74) is 13.5. The number of rotatable bonds is 2. The van der Waals surface area contributed by atoms with Gasteiger partial charge in [0.25, 0.3) is 5.91 Å². The first-order chi connectivity index (χ1) is 9.08. The predicted molar refractivity (Wildman–Crippen MR) is 74.4 cm³/mol. The molecule has 5 N–H and O–H groups in total. The average molecular weight is 252 g/mol. The zero-order chi connectivity index (χ0) is 13.8. The molecule has 5 heteroatoms. The second-order valence-corrected chi connectivity index (χ2v) is 4.04. The van der Waals surface area contributed by atoms with Crippen molar-refractivity contribution in [2.75, 3.05) is 16.8 Å². The van der Waals surface area contributed by atoms with Gasteiger partial charge in [-0.15, -0.1) is 0 Å². The van der Waals surface area contributed by atoms with E-state index in [-0.39, 0.29) is 5.91 Å².